The average molecular weight is 1120 g/mol. The molecule has 5 unspecified atom stereocenters. The van der Waals surface area contributed by atoms with Gasteiger partial charge in [0.15, 0.2) is 5.92 Å². The van der Waals surface area contributed by atoms with Crippen molar-refractivity contribution in [3.63, 3.8) is 0 Å². The molecule has 0 nitrogen and oxygen atoms in total. The standard InChI is InChI=1S/C8H6F11I.C8H6F10.C5H6F4.C3H4F3I.CH4.H2/c1-4(9,6(11,12)13)3(20)2-5(10,7(14,15)16)8(17,18)19;1-5(9,8(16,17)18)3-2-4(6(10,11)12)7(13,14)15;1-3-4(2,6)5(7,8)9;1-2(7)3(4,5)6;;/h3H,2H2,1H3;2-4H,1H3;3H,1H2,2H3;2H,1H3;1H4;1H/b;3-2+;;;;/i;;;;;1+1. The van der Waals surface area contributed by atoms with Crippen LogP contribution < -0.4 is 0 Å². The largest absolute Gasteiger partial charge is 0.431 e. The maximum absolute atomic E-state index is 13.3. The molecule has 30 heteroatoms. The van der Waals surface area contributed by atoms with Crippen LogP contribution in [0.1, 0.15) is 43.0 Å². The van der Waals surface area contributed by atoms with Gasteiger partial charge in [-0.15, -0.1) is 0 Å². The highest BCUT2D eigenvalue weighted by atomic mass is 127. The SMILES string of the molecule is C.C=CC(C)(F)C(F)(F)F.CC(F)(/C=C/C(C(F)(F)F)C(F)(F)F)C(F)(F)F.CC(F)(C(I)CC(F)(C(F)(F)F)C(F)(F)F)C(F)(F)F.CC(I)C(F)(F)F.[2HH]. The zero-order valence-corrected chi connectivity index (χ0v) is 30.5. The number of alkyl halides is 30. The maximum atomic E-state index is 13.3. The third kappa shape index (κ3) is 20.5. The van der Waals surface area contributed by atoms with E-state index in [1.807, 2.05) is 0 Å². The first kappa shape index (κ1) is 63.2. The second kappa shape index (κ2) is 20.3. The Hall–Kier alpha value is -1.02. The Balaban J connectivity index is -0.000000158. The lowest BCUT2D eigenvalue weighted by Crippen LogP contribution is -2.57. The molecular formula is C25H28F28I2. The van der Waals surface area contributed by atoms with E-state index in [4.69, 9.17) is 0 Å². The van der Waals surface area contributed by atoms with Gasteiger partial charge in [-0.2, -0.15) is 105 Å². The normalized spacial score (nSPS) is 18.4. The minimum Gasteiger partial charge on any atom is -0.233 e. The van der Waals surface area contributed by atoms with E-state index in [9.17, 15) is 123 Å². The average Bonchev–Trinajstić information content (AvgIpc) is 2.84. The lowest BCUT2D eigenvalue weighted by molar-refractivity contribution is -0.345. The molecule has 0 saturated heterocycles. The first-order chi connectivity index (χ1) is 22.7. The highest BCUT2D eigenvalue weighted by Crippen LogP contribution is 2.53. The van der Waals surface area contributed by atoms with Crippen molar-refractivity contribution < 1.29 is 124 Å². The Morgan fingerprint density at radius 1 is 0.491 bits per heavy atom. The van der Waals surface area contributed by atoms with Crippen LogP contribution in [0.4, 0.5) is 123 Å². The molecule has 55 heavy (non-hydrogen) atoms. The van der Waals surface area contributed by atoms with E-state index < -0.39 is 104 Å². The molecule has 5 atom stereocenters. The van der Waals surface area contributed by atoms with Gasteiger partial charge in [0, 0.05) is 7.85 Å². The fourth-order valence-electron chi connectivity index (χ4n) is 1.90. The van der Waals surface area contributed by atoms with Gasteiger partial charge in [-0.05, 0) is 39.8 Å². The van der Waals surface area contributed by atoms with E-state index in [1.165, 1.54) is 22.6 Å². The summed E-state index contributed by atoms with van der Waals surface area (Å²) in [4.78, 5) is 0. The van der Waals surface area contributed by atoms with Crippen LogP contribution in [0.2, 0.25) is 0 Å². The van der Waals surface area contributed by atoms with E-state index >= 15 is 0 Å². The Morgan fingerprint density at radius 2 is 0.764 bits per heavy atom. The Labute approximate surface area is 321 Å². The third-order valence-corrected chi connectivity index (χ3v) is 8.07. The van der Waals surface area contributed by atoms with E-state index in [0.717, 1.165) is 6.92 Å². The van der Waals surface area contributed by atoms with Gasteiger partial charge in [0.25, 0.3) is 5.67 Å². The summed E-state index contributed by atoms with van der Waals surface area (Å²) < 4.78 is 331. The molecule has 0 fully saturated rings. The van der Waals surface area contributed by atoms with Crippen molar-refractivity contribution >= 4 is 45.2 Å². The predicted octanol–water partition coefficient (Wildman–Crippen LogP) is 15.6. The molecule has 0 rings (SSSR count). The molecule has 0 aliphatic heterocycles. The van der Waals surface area contributed by atoms with Crippen LogP contribution in [-0.4, -0.2) is 79.9 Å². The quantitative estimate of drug-likeness (QED) is 0.108. The van der Waals surface area contributed by atoms with Gasteiger partial charge in [0.2, 0.25) is 17.0 Å². The van der Waals surface area contributed by atoms with Crippen molar-refractivity contribution in [1.82, 2.24) is 0 Å². The van der Waals surface area contributed by atoms with Crippen LogP contribution in [0.15, 0.2) is 24.8 Å². The van der Waals surface area contributed by atoms with Crippen molar-refractivity contribution in [1.29, 1.82) is 0 Å². The molecule has 338 valence electrons. The smallest absolute Gasteiger partial charge is 0.233 e. The van der Waals surface area contributed by atoms with E-state index in [-0.39, 0.29) is 28.8 Å². The highest BCUT2D eigenvalue weighted by Gasteiger charge is 2.74. The molecule has 0 aliphatic carbocycles. The van der Waals surface area contributed by atoms with Gasteiger partial charge in [-0.3, -0.25) is 0 Å². The molecule has 0 N–H and O–H groups in total. The minimum absolute atomic E-state index is 0. The first-order valence-corrected chi connectivity index (χ1v) is 15.1. The van der Waals surface area contributed by atoms with Crippen molar-refractivity contribution in [2.75, 3.05) is 0 Å². The summed E-state index contributed by atoms with van der Waals surface area (Å²) in [6, 6.07) is 0. The summed E-state index contributed by atoms with van der Waals surface area (Å²) in [5.74, 6) is -4.15. The van der Waals surface area contributed by atoms with Crippen molar-refractivity contribution in [2.45, 2.75) is 121 Å². The molecule has 0 aromatic heterocycles. The predicted molar refractivity (Wildman–Crippen MR) is 158 cm³/mol. The molecule has 0 radical (unpaired) electrons. The zero-order chi connectivity index (χ0) is 45.6. The van der Waals surface area contributed by atoms with E-state index in [0.29, 0.717) is 29.5 Å². The van der Waals surface area contributed by atoms with Gasteiger partial charge in [-0.25, -0.2) is 17.6 Å². The van der Waals surface area contributed by atoms with Crippen LogP contribution in [0.5, 0.6) is 0 Å². The fourth-order valence-corrected chi connectivity index (χ4v) is 2.86. The van der Waals surface area contributed by atoms with Crippen LogP contribution in [0, 0.1) is 5.92 Å². The third-order valence-electron chi connectivity index (χ3n) is 5.75. The molecule has 0 aromatic carbocycles. The topological polar surface area (TPSA) is 0 Å². The van der Waals surface area contributed by atoms with Gasteiger partial charge in [0.1, 0.15) is 3.92 Å². The highest BCUT2D eigenvalue weighted by molar-refractivity contribution is 14.1. The Morgan fingerprint density at radius 3 is 0.909 bits per heavy atom. The fraction of sp³-hybridized carbons (Fsp3) is 0.840. The molecule has 0 saturated carbocycles. The van der Waals surface area contributed by atoms with E-state index in [2.05, 4.69) is 6.58 Å². The summed E-state index contributed by atoms with van der Waals surface area (Å²) in [6.45, 7) is 3.79. The van der Waals surface area contributed by atoms with Crippen molar-refractivity contribution in [3.05, 3.63) is 24.8 Å². The molecular weight excluding hydrogens is 1090 g/mol. The number of allylic oxidation sites excluding steroid dienone is 3. The lowest BCUT2D eigenvalue weighted by Gasteiger charge is -2.35. The Bertz CT molecular complexity index is 1110. The summed E-state index contributed by atoms with van der Waals surface area (Å²) in [5.41, 5.74) is -17.9. The van der Waals surface area contributed by atoms with Crippen LogP contribution >= 0.6 is 45.2 Å². The van der Waals surface area contributed by atoms with Crippen LogP contribution in [0.3, 0.4) is 0 Å². The second-order valence-corrected chi connectivity index (χ2v) is 13.8. The molecule has 0 bridgehead atoms. The zero-order valence-electron chi connectivity index (χ0n) is 26.2. The van der Waals surface area contributed by atoms with Crippen LogP contribution in [-0.2, 0) is 0 Å². The monoisotopic (exact) mass is 1110 g/mol. The molecule has 0 spiro atoms. The minimum atomic E-state index is -6.52. The van der Waals surface area contributed by atoms with Gasteiger partial charge in [0.05, 0.1) is 3.92 Å². The second-order valence-electron chi connectivity index (χ2n) is 10.5. The van der Waals surface area contributed by atoms with Gasteiger partial charge < -0.3 is 0 Å². The van der Waals surface area contributed by atoms with E-state index in [1.54, 1.807) is 0 Å². The number of hydrogen-bond donors (Lipinski definition) is 0. The summed E-state index contributed by atoms with van der Waals surface area (Å²) >= 11 is 1.70. The van der Waals surface area contributed by atoms with Gasteiger partial charge >= 0.3 is 49.4 Å². The summed E-state index contributed by atoms with van der Waals surface area (Å²) in [5, 5.41) is 0. The number of hydrogen-bond acceptors (Lipinski definition) is 0. The first-order valence-electron chi connectivity index (χ1n) is 12.6. The molecule has 0 heterocycles. The molecule has 0 aromatic rings. The number of halogens is 30. The van der Waals surface area contributed by atoms with Crippen molar-refractivity contribution in [2.24, 2.45) is 5.92 Å². The van der Waals surface area contributed by atoms with Crippen LogP contribution in [0.25, 0.3) is 0 Å². The van der Waals surface area contributed by atoms with Crippen molar-refractivity contribution in [3.8, 4) is 0 Å². The maximum Gasteiger partial charge on any atom is 0.431 e. The molecule has 0 aliphatic rings. The molecule has 0 amide bonds. The summed E-state index contributed by atoms with van der Waals surface area (Å²) in [6.07, 6.45) is -49.1. The summed E-state index contributed by atoms with van der Waals surface area (Å²) in [7, 11) is 0. The Kier molecular flexibility index (Phi) is 23.3. The number of rotatable bonds is 6. The van der Waals surface area contributed by atoms with Gasteiger partial charge in [-0.1, -0.05) is 65.3 Å². The lowest BCUT2D eigenvalue weighted by atomic mass is 9.91.